The molecule has 3 N–H and O–H groups in total. The quantitative estimate of drug-likeness (QED) is 0.880. The van der Waals surface area contributed by atoms with Crippen LogP contribution in [0.5, 0.6) is 5.75 Å². The second-order valence-electron chi connectivity index (χ2n) is 4.45. The molecule has 0 aliphatic carbocycles. The van der Waals surface area contributed by atoms with Gasteiger partial charge >= 0.3 is 0 Å². The van der Waals surface area contributed by atoms with Gasteiger partial charge in [-0.15, -0.1) is 0 Å². The molecular formula is C15H20N2OS. The van der Waals surface area contributed by atoms with E-state index in [4.69, 9.17) is 5.73 Å². The number of phenolic OH excluding ortho intramolecular Hbond substituents is 1. The van der Waals surface area contributed by atoms with Crippen molar-refractivity contribution in [1.29, 1.82) is 0 Å². The minimum absolute atomic E-state index is 0.267. The first-order valence-corrected chi connectivity index (χ1v) is 7.47. The third-order valence-electron chi connectivity index (χ3n) is 3.38. The lowest BCUT2D eigenvalue weighted by Crippen LogP contribution is -2.21. The Morgan fingerprint density at radius 3 is 2.53 bits per heavy atom. The highest BCUT2D eigenvalue weighted by molar-refractivity contribution is 7.08. The summed E-state index contributed by atoms with van der Waals surface area (Å²) in [5.74, 6) is 0.267. The molecule has 1 atom stereocenters. The second kappa shape index (κ2) is 6.08. The number of hydrogen-bond donors (Lipinski definition) is 2. The van der Waals surface area contributed by atoms with E-state index in [2.05, 4.69) is 18.7 Å². The molecule has 0 bridgehead atoms. The molecule has 0 radical (unpaired) electrons. The normalized spacial score (nSPS) is 12.4. The molecule has 0 fully saturated rings. The van der Waals surface area contributed by atoms with Crippen molar-refractivity contribution in [1.82, 2.24) is 0 Å². The molecule has 0 aliphatic heterocycles. The maximum atomic E-state index is 10.2. The molecule has 1 aromatic carbocycles. The molecule has 0 saturated carbocycles. The number of rotatable bonds is 5. The lowest BCUT2D eigenvalue weighted by molar-refractivity contribution is 0.465. The Hall–Kier alpha value is -1.52. The lowest BCUT2D eigenvalue weighted by Gasteiger charge is -2.22. The highest BCUT2D eigenvalue weighted by Crippen LogP contribution is 2.31. The Balaban J connectivity index is 2.29. The number of benzene rings is 1. The first-order valence-electron chi connectivity index (χ1n) is 6.52. The van der Waals surface area contributed by atoms with Crippen LogP contribution < -0.4 is 10.6 Å². The van der Waals surface area contributed by atoms with Crippen LogP contribution in [-0.2, 0) is 0 Å². The summed E-state index contributed by atoms with van der Waals surface area (Å²) in [6, 6.07) is 7.47. The van der Waals surface area contributed by atoms with E-state index in [9.17, 15) is 5.11 Å². The van der Waals surface area contributed by atoms with Gasteiger partial charge in [0, 0.05) is 30.4 Å². The van der Waals surface area contributed by atoms with Gasteiger partial charge in [0.05, 0.1) is 6.04 Å². The van der Waals surface area contributed by atoms with Gasteiger partial charge in [-0.05, 0) is 42.3 Å². The first kappa shape index (κ1) is 13.9. The van der Waals surface area contributed by atoms with Crippen molar-refractivity contribution in [2.24, 2.45) is 5.73 Å². The fourth-order valence-corrected chi connectivity index (χ4v) is 2.91. The van der Waals surface area contributed by atoms with Gasteiger partial charge in [0.15, 0.2) is 0 Å². The number of thiophene rings is 1. The molecule has 0 saturated heterocycles. The van der Waals surface area contributed by atoms with Crippen molar-refractivity contribution in [2.75, 3.05) is 18.0 Å². The van der Waals surface area contributed by atoms with Crippen molar-refractivity contribution in [3.8, 4) is 5.75 Å². The average Bonchev–Trinajstić information content (AvgIpc) is 2.93. The van der Waals surface area contributed by atoms with E-state index >= 15 is 0 Å². The van der Waals surface area contributed by atoms with E-state index in [-0.39, 0.29) is 11.8 Å². The molecular weight excluding hydrogens is 256 g/mol. The summed E-state index contributed by atoms with van der Waals surface area (Å²) in [5, 5.41) is 14.2. The van der Waals surface area contributed by atoms with Gasteiger partial charge in [-0.1, -0.05) is 6.07 Å². The number of anilines is 1. The van der Waals surface area contributed by atoms with Crippen LogP contribution in [0.4, 0.5) is 5.69 Å². The monoisotopic (exact) mass is 276 g/mol. The molecule has 19 heavy (non-hydrogen) atoms. The Kier molecular flexibility index (Phi) is 4.45. The maximum Gasteiger partial charge on any atom is 0.122 e. The number of nitrogens with two attached hydrogens (primary N) is 1. The smallest absolute Gasteiger partial charge is 0.122 e. The molecule has 1 aromatic heterocycles. The van der Waals surface area contributed by atoms with Crippen LogP contribution in [0.1, 0.15) is 31.0 Å². The summed E-state index contributed by atoms with van der Waals surface area (Å²) in [6.07, 6.45) is 0. The van der Waals surface area contributed by atoms with Gasteiger partial charge in [-0.2, -0.15) is 11.3 Å². The fourth-order valence-electron chi connectivity index (χ4n) is 2.21. The molecule has 0 aliphatic rings. The van der Waals surface area contributed by atoms with Crippen molar-refractivity contribution in [2.45, 2.75) is 19.9 Å². The van der Waals surface area contributed by atoms with Crippen LogP contribution in [0.25, 0.3) is 0 Å². The molecule has 102 valence electrons. The van der Waals surface area contributed by atoms with Crippen molar-refractivity contribution < 1.29 is 5.11 Å². The van der Waals surface area contributed by atoms with Gasteiger partial charge < -0.3 is 15.7 Å². The zero-order valence-electron chi connectivity index (χ0n) is 11.3. The predicted octanol–water partition coefficient (Wildman–Crippen LogP) is 3.35. The van der Waals surface area contributed by atoms with E-state index in [1.165, 1.54) is 0 Å². The van der Waals surface area contributed by atoms with Crippen molar-refractivity contribution in [3.63, 3.8) is 0 Å². The van der Waals surface area contributed by atoms with E-state index in [1.54, 1.807) is 17.4 Å². The van der Waals surface area contributed by atoms with Gasteiger partial charge in [-0.25, -0.2) is 0 Å². The standard InChI is InChI=1S/C15H20N2OS/c1-3-17(4-2)12-5-6-13(14(18)9-12)15(16)11-7-8-19-10-11/h5-10,15,18H,3-4,16H2,1-2H3/t15-/m1/s1. The number of phenols is 1. The lowest BCUT2D eigenvalue weighted by atomic mass is 10.0. The van der Waals surface area contributed by atoms with Gasteiger partial charge in [-0.3, -0.25) is 0 Å². The number of hydrogen-bond acceptors (Lipinski definition) is 4. The van der Waals surface area contributed by atoms with Gasteiger partial charge in [0.1, 0.15) is 5.75 Å². The molecule has 2 rings (SSSR count). The third-order valence-corrected chi connectivity index (χ3v) is 4.08. The summed E-state index contributed by atoms with van der Waals surface area (Å²) in [6.45, 7) is 6.05. The van der Waals surface area contributed by atoms with Crippen molar-refractivity contribution in [3.05, 3.63) is 46.2 Å². The van der Waals surface area contributed by atoms with Crippen LogP contribution in [0.3, 0.4) is 0 Å². The van der Waals surface area contributed by atoms with E-state index in [1.807, 2.05) is 29.0 Å². The largest absolute Gasteiger partial charge is 0.508 e. The Labute approximate surface area is 118 Å². The van der Waals surface area contributed by atoms with E-state index < -0.39 is 0 Å². The second-order valence-corrected chi connectivity index (χ2v) is 5.23. The maximum absolute atomic E-state index is 10.2. The third kappa shape index (κ3) is 2.91. The highest BCUT2D eigenvalue weighted by Gasteiger charge is 2.15. The zero-order chi connectivity index (χ0) is 13.8. The summed E-state index contributed by atoms with van der Waals surface area (Å²) in [7, 11) is 0. The zero-order valence-corrected chi connectivity index (χ0v) is 12.2. The van der Waals surface area contributed by atoms with Crippen LogP contribution >= 0.6 is 11.3 Å². The fraction of sp³-hybridized carbons (Fsp3) is 0.333. The topological polar surface area (TPSA) is 49.5 Å². The van der Waals surface area contributed by atoms with Gasteiger partial charge in [0.2, 0.25) is 0 Å². The summed E-state index contributed by atoms with van der Waals surface area (Å²) >= 11 is 1.61. The minimum atomic E-state index is -0.267. The molecule has 2 aromatic rings. The molecule has 0 spiro atoms. The summed E-state index contributed by atoms with van der Waals surface area (Å²) < 4.78 is 0. The SMILES string of the molecule is CCN(CC)c1ccc([C@H](N)c2ccsc2)c(O)c1. The number of nitrogens with zero attached hydrogens (tertiary/aromatic N) is 1. The first-order chi connectivity index (χ1) is 9.17. The average molecular weight is 276 g/mol. The number of aromatic hydroxyl groups is 1. The molecule has 0 unspecified atom stereocenters. The molecule has 4 heteroatoms. The molecule has 1 heterocycles. The minimum Gasteiger partial charge on any atom is -0.508 e. The Morgan fingerprint density at radius 1 is 1.26 bits per heavy atom. The summed E-state index contributed by atoms with van der Waals surface area (Å²) in [5.41, 5.74) is 9.03. The Morgan fingerprint density at radius 2 is 2.00 bits per heavy atom. The van der Waals surface area contributed by atoms with Crippen LogP contribution in [0, 0.1) is 0 Å². The van der Waals surface area contributed by atoms with Crippen LogP contribution in [0.15, 0.2) is 35.0 Å². The molecule has 3 nitrogen and oxygen atoms in total. The van der Waals surface area contributed by atoms with E-state index in [0.717, 1.165) is 29.9 Å². The van der Waals surface area contributed by atoms with E-state index in [0.29, 0.717) is 0 Å². The molecule has 0 amide bonds. The van der Waals surface area contributed by atoms with Crippen LogP contribution in [-0.4, -0.2) is 18.2 Å². The predicted molar refractivity (Wildman–Crippen MR) is 82.0 cm³/mol. The Bertz CT molecular complexity index is 521. The van der Waals surface area contributed by atoms with Crippen LogP contribution in [0.2, 0.25) is 0 Å². The summed E-state index contributed by atoms with van der Waals surface area (Å²) in [4.78, 5) is 2.19. The van der Waals surface area contributed by atoms with Gasteiger partial charge in [0.25, 0.3) is 0 Å². The van der Waals surface area contributed by atoms with Crippen molar-refractivity contribution >= 4 is 17.0 Å². The highest BCUT2D eigenvalue weighted by atomic mass is 32.1.